The van der Waals surface area contributed by atoms with Crippen LogP contribution in [0, 0.1) is 10.1 Å². The molecule has 0 N–H and O–H groups in total. The van der Waals surface area contributed by atoms with E-state index in [2.05, 4.69) is 15.9 Å². The Balaban J connectivity index is 2.30. The maximum Gasteiger partial charge on any atom is 0.344 e. The van der Waals surface area contributed by atoms with E-state index in [1.54, 1.807) is 12.1 Å². The van der Waals surface area contributed by atoms with Crippen LogP contribution in [-0.4, -0.2) is 19.1 Å². The highest BCUT2D eigenvalue weighted by atomic mass is 79.9. The first-order chi connectivity index (χ1) is 12.5. The largest absolute Gasteiger partial charge is 0.493 e. The maximum absolute atomic E-state index is 12.6. The van der Waals surface area contributed by atoms with Crippen LogP contribution in [0.2, 0.25) is 0 Å². The number of halogens is 1. The third-order valence-electron chi connectivity index (χ3n) is 4.02. The molecule has 2 aromatic carbocycles. The van der Waals surface area contributed by atoms with Crippen LogP contribution < -0.4 is 15.1 Å². The zero-order valence-electron chi connectivity index (χ0n) is 13.9. The number of hydrogen-bond donors (Lipinski definition) is 0. The molecular weight excluding hydrogens is 406 g/mol. The van der Waals surface area contributed by atoms with Crippen molar-refractivity contribution in [3.8, 4) is 22.6 Å². The molecule has 0 aliphatic heterocycles. The van der Waals surface area contributed by atoms with E-state index in [9.17, 15) is 14.9 Å². The average molecular weight is 420 g/mol. The van der Waals surface area contributed by atoms with Crippen LogP contribution >= 0.6 is 15.9 Å². The Morgan fingerprint density at radius 3 is 2.27 bits per heavy atom. The first kappa shape index (κ1) is 17.9. The van der Waals surface area contributed by atoms with E-state index < -0.39 is 10.5 Å². The highest BCUT2D eigenvalue weighted by molar-refractivity contribution is 9.08. The first-order valence-corrected chi connectivity index (χ1v) is 8.64. The summed E-state index contributed by atoms with van der Waals surface area (Å²) in [4.78, 5) is 22.9. The fourth-order valence-corrected chi connectivity index (χ4v) is 3.35. The highest BCUT2D eigenvalue weighted by Crippen LogP contribution is 2.36. The van der Waals surface area contributed by atoms with E-state index in [0.717, 1.165) is 0 Å². The summed E-state index contributed by atoms with van der Waals surface area (Å²) in [7, 11) is 3.02. The number of nitro benzene ring substituents is 1. The first-order valence-electron chi connectivity index (χ1n) is 7.52. The second-order valence-corrected chi connectivity index (χ2v) is 5.94. The molecule has 0 atom stereocenters. The molecule has 0 aliphatic carbocycles. The predicted octanol–water partition coefficient (Wildman–Crippen LogP) is 4.28. The third-order valence-corrected chi connectivity index (χ3v) is 4.58. The van der Waals surface area contributed by atoms with E-state index in [1.165, 1.54) is 38.5 Å². The van der Waals surface area contributed by atoms with Gasteiger partial charge in [0.15, 0.2) is 11.5 Å². The van der Waals surface area contributed by atoms with Gasteiger partial charge in [-0.15, -0.1) is 0 Å². The second-order valence-electron chi connectivity index (χ2n) is 5.38. The lowest BCUT2D eigenvalue weighted by Gasteiger charge is -2.13. The van der Waals surface area contributed by atoms with Gasteiger partial charge in [0, 0.05) is 28.9 Å². The average Bonchev–Trinajstić information content (AvgIpc) is 2.65. The summed E-state index contributed by atoms with van der Waals surface area (Å²) < 4.78 is 16.0. The fraction of sp³-hybridized carbons (Fsp3) is 0.167. The van der Waals surface area contributed by atoms with Gasteiger partial charge < -0.3 is 13.9 Å². The fourth-order valence-electron chi connectivity index (χ4n) is 2.77. The molecule has 0 unspecified atom stereocenters. The molecule has 26 heavy (non-hydrogen) atoms. The van der Waals surface area contributed by atoms with Crippen LogP contribution in [0.5, 0.6) is 11.5 Å². The second kappa shape index (κ2) is 7.17. The predicted molar refractivity (Wildman–Crippen MR) is 100 cm³/mol. The standard InChI is InChI=1S/C18H14BrNO6/c1-24-15-7-12-13(9-19)17(10-3-5-11(6-4-10)20(22)23)18(21)26-14(12)8-16(15)25-2/h3-8H,9H2,1-2H3. The van der Waals surface area contributed by atoms with E-state index in [4.69, 9.17) is 13.9 Å². The number of alkyl halides is 1. The lowest BCUT2D eigenvalue weighted by Crippen LogP contribution is -2.07. The molecule has 0 radical (unpaired) electrons. The molecule has 8 heteroatoms. The van der Waals surface area contributed by atoms with Crippen molar-refractivity contribution < 1.29 is 18.8 Å². The molecule has 0 fully saturated rings. The number of non-ortho nitro benzene ring substituents is 1. The van der Waals surface area contributed by atoms with Crippen molar-refractivity contribution in [2.24, 2.45) is 0 Å². The van der Waals surface area contributed by atoms with Crippen LogP contribution in [0.25, 0.3) is 22.1 Å². The number of methoxy groups -OCH3 is 2. The van der Waals surface area contributed by atoms with Crippen LogP contribution in [0.1, 0.15) is 5.56 Å². The van der Waals surface area contributed by atoms with Crippen LogP contribution in [0.4, 0.5) is 5.69 Å². The molecule has 0 spiro atoms. The Kier molecular flexibility index (Phi) is 4.94. The van der Waals surface area contributed by atoms with Crippen molar-refractivity contribution in [1.29, 1.82) is 0 Å². The summed E-state index contributed by atoms with van der Waals surface area (Å²) in [5, 5.41) is 11.9. The zero-order valence-corrected chi connectivity index (χ0v) is 15.5. The third kappa shape index (κ3) is 3.03. The molecule has 0 aliphatic rings. The smallest absolute Gasteiger partial charge is 0.344 e. The Morgan fingerprint density at radius 2 is 1.73 bits per heavy atom. The molecule has 0 saturated heterocycles. The summed E-state index contributed by atoms with van der Waals surface area (Å²) in [6.45, 7) is 0. The number of hydrogen-bond acceptors (Lipinski definition) is 6. The van der Waals surface area contributed by atoms with E-state index >= 15 is 0 Å². The molecule has 134 valence electrons. The summed E-state index contributed by atoms with van der Waals surface area (Å²) in [6.07, 6.45) is 0. The van der Waals surface area contributed by atoms with Crippen LogP contribution in [0.3, 0.4) is 0 Å². The van der Waals surface area contributed by atoms with Gasteiger partial charge in [0.2, 0.25) is 0 Å². The minimum Gasteiger partial charge on any atom is -0.493 e. The molecule has 0 bridgehead atoms. The molecule has 0 amide bonds. The Labute approximate surface area is 156 Å². The van der Waals surface area contributed by atoms with Gasteiger partial charge in [-0.05, 0) is 29.3 Å². The minimum atomic E-state index is -0.534. The van der Waals surface area contributed by atoms with Crippen molar-refractivity contribution in [1.82, 2.24) is 0 Å². The van der Waals surface area contributed by atoms with Gasteiger partial charge in [0.05, 0.1) is 24.7 Å². The molecule has 7 nitrogen and oxygen atoms in total. The molecule has 1 aromatic heterocycles. The molecule has 0 saturated carbocycles. The Morgan fingerprint density at radius 1 is 1.12 bits per heavy atom. The number of benzene rings is 2. The lowest BCUT2D eigenvalue weighted by molar-refractivity contribution is -0.384. The van der Waals surface area contributed by atoms with Crippen molar-refractivity contribution in [3.05, 3.63) is 62.5 Å². The zero-order chi connectivity index (χ0) is 18.8. The highest BCUT2D eigenvalue weighted by Gasteiger charge is 2.19. The monoisotopic (exact) mass is 419 g/mol. The summed E-state index contributed by atoms with van der Waals surface area (Å²) in [5.74, 6) is 0.956. The van der Waals surface area contributed by atoms with Crippen molar-refractivity contribution in [2.75, 3.05) is 14.2 Å². The van der Waals surface area contributed by atoms with E-state index in [-0.39, 0.29) is 5.69 Å². The molecule has 3 aromatic rings. The number of fused-ring (bicyclic) bond motifs is 1. The van der Waals surface area contributed by atoms with Gasteiger partial charge in [-0.3, -0.25) is 10.1 Å². The van der Waals surface area contributed by atoms with Gasteiger partial charge in [0.25, 0.3) is 5.69 Å². The lowest BCUT2D eigenvalue weighted by atomic mass is 9.99. The number of ether oxygens (including phenoxy) is 2. The minimum absolute atomic E-state index is 0.0503. The summed E-state index contributed by atoms with van der Waals surface area (Å²) in [5.41, 5.74) is 1.37. The van der Waals surface area contributed by atoms with Gasteiger partial charge in [-0.2, -0.15) is 0 Å². The van der Waals surface area contributed by atoms with Gasteiger partial charge in [0.1, 0.15) is 5.58 Å². The topological polar surface area (TPSA) is 91.8 Å². The number of rotatable bonds is 5. The molecule has 3 rings (SSSR count). The van der Waals surface area contributed by atoms with E-state index in [1.807, 2.05) is 0 Å². The van der Waals surface area contributed by atoms with Gasteiger partial charge in [-0.25, -0.2) is 4.79 Å². The Hall–Kier alpha value is -2.87. The molecular formula is C18H14BrNO6. The van der Waals surface area contributed by atoms with Crippen LogP contribution in [-0.2, 0) is 5.33 Å². The van der Waals surface area contributed by atoms with Crippen LogP contribution in [0.15, 0.2) is 45.6 Å². The normalized spacial score (nSPS) is 10.7. The van der Waals surface area contributed by atoms with Crippen molar-refractivity contribution in [2.45, 2.75) is 5.33 Å². The van der Waals surface area contributed by atoms with E-state index in [0.29, 0.717) is 44.5 Å². The van der Waals surface area contributed by atoms with Gasteiger partial charge >= 0.3 is 5.63 Å². The quantitative estimate of drug-likeness (QED) is 0.265. The molecule has 1 heterocycles. The SMILES string of the molecule is COc1cc2oc(=O)c(-c3ccc([N+](=O)[O-])cc3)c(CBr)c2cc1OC. The maximum atomic E-state index is 12.6. The number of nitrogens with zero attached hydrogens (tertiary/aromatic N) is 1. The summed E-state index contributed by atoms with van der Waals surface area (Å²) in [6, 6.07) is 9.10. The number of nitro groups is 1. The van der Waals surface area contributed by atoms with Gasteiger partial charge in [-0.1, -0.05) is 15.9 Å². The van der Waals surface area contributed by atoms with Crippen molar-refractivity contribution >= 4 is 32.6 Å². The Bertz CT molecular complexity index is 1040. The van der Waals surface area contributed by atoms with Crippen molar-refractivity contribution in [3.63, 3.8) is 0 Å². The summed E-state index contributed by atoms with van der Waals surface area (Å²) >= 11 is 3.42.